The summed E-state index contributed by atoms with van der Waals surface area (Å²) in [7, 11) is 1.76. The Kier molecular flexibility index (Phi) is 3.84. The molecule has 1 aromatic carbocycles. The van der Waals surface area contributed by atoms with Gasteiger partial charge < -0.3 is 14.6 Å². The quantitative estimate of drug-likeness (QED) is 0.902. The minimum atomic E-state index is 0.529. The molecule has 2 bridgehead atoms. The van der Waals surface area contributed by atoms with Crippen LogP contribution in [0.25, 0.3) is 10.9 Å². The predicted octanol–water partition coefficient (Wildman–Crippen LogP) is 4.16. The van der Waals surface area contributed by atoms with Crippen LogP contribution in [-0.4, -0.2) is 36.6 Å². The lowest BCUT2D eigenvalue weighted by atomic mass is 9.74. The van der Waals surface area contributed by atoms with Gasteiger partial charge in [0.25, 0.3) is 0 Å². The largest absolute Gasteiger partial charge is 0.495 e. The van der Waals surface area contributed by atoms with Crippen molar-refractivity contribution >= 4 is 10.9 Å². The lowest BCUT2D eigenvalue weighted by molar-refractivity contribution is 0.0789. The first-order chi connectivity index (χ1) is 11.2. The summed E-state index contributed by atoms with van der Waals surface area (Å²) in [5.74, 6) is 0.970. The molecule has 1 fully saturated rings. The van der Waals surface area contributed by atoms with Crippen LogP contribution in [0, 0.1) is 5.41 Å². The molecule has 2 aliphatic heterocycles. The molecule has 2 aromatic rings. The van der Waals surface area contributed by atoms with Crippen molar-refractivity contribution in [3.8, 4) is 5.75 Å². The van der Waals surface area contributed by atoms with Gasteiger partial charge in [0.15, 0.2) is 0 Å². The first-order valence-electron chi connectivity index (χ1n) is 9.13. The zero-order chi connectivity index (χ0) is 15.9. The van der Waals surface area contributed by atoms with Crippen LogP contribution < -0.4 is 4.74 Å². The van der Waals surface area contributed by atoms with Crippen molar-refractivity contribution in [3.05, 3.63) is 29.5 Å². The van der Waals surface area contributed by atoms with Crippen molar-refractivity contribution in [1.29, 1.82) is 0 Å². The molecule has 0 spiro atoms. The highest BCUT2D eigenvalue weighted by molar-refractivity contribution is 5.89. The molecule has 2 atom stereocenters. The highest BCUT2D eigenvalue weighted by atomic mass is 16.5. The fraction of sp³-hybridized carbons (Fsp3) is 0.600. The van der Waals surface area contributed by atoms with E-state index in [1.54, 1.807) is 7.11 Å². The number of ether oxygens (including phenoxy) is 1. The number of fused-ring (bicyclic) bond motifs is 5. The number of hydrogen-bond donors (Lipinski definition) is 1. The lowest BCUT2D eigenvalue weighted by Gasteiger charge is -2.42. The van der Waals surface area contributed by atoms with E-state index in [1.807, 2.05) is 0 Å². The molecule has 23 heavy (non-hydrogen) atoms. The number of methoxy groups -OCH3 is 1. The highest BCUT2D eigenvalue weighted by Gasteiger charge is 2.35. The number of nitrogens with zero attached hydrogens (tertiary/aromatic N) is 1. The molecule has 0 aliphatic carbocycles. The number of piperidine rings is 1. The number of para-hydroxylation sites is 1. The summed E-state index contributed by atoms with van der Waals surface area (Å²) in [6.07, 6.45) is 7.72. The number of hydrogen-bond acceptors (Lipinski definition) is 2. The minimum Gasteiger partial charge on any atom is -0.495 e. The number of benzene rings is 1. The fourth-order valence-corrected chi connectivity index (χ4v) is 4.80. The van der Waals surface area contributed by atoms with Gasteiger partial charge in [-0.1, -0.05) is 19.1 Å². The average molecular weight is 312 g/mol. The Morgan fingerprint density at radius 1 is 1.22 bits per heavy atom. The van der Waals surface area contributed by atoms with Gasteiger partial charge in [-0.2, -0.15) is 0 Å². The summed E-state index contributed by atoms with van der Waals surface area (Å²) in [5.41, 5.74) is 4.69. The summed E-state index contributed by atoms with van der Waals surface area (Å²) in [6.45, 7) is 6.16. The Balaban J connectivity index is 1.77. The maximum Gasteiger partial charge on any atom is 0.142 e. The minimum absolute atomic E-state index is 0.529. The van der Waals surface area contributed by atoms with Crippen molar-refractivity contribution in [2.24, 2.45) is 5.41 Å². The van der Waals surface area contributed by atoms with E-state index in [0.29, 0.717) is 5.41 Å². The number of aromatic nitrogens is 1. The summed E-state index contributed by atoms with van der Waals surface area (Å²) < 4.78 is 5.57. The summed E-state index contributed by atoms with van der Waals surface area (Å²) >= 11 is 0. The summed E-state index contributed by atoms with van der Waals surface area (Å²) in [4.78, 5) is 6.42. The van der Waals surface area contributed by atoms with Crippen molar-refractivity contribution in [3.63, 3.8) is 0 Å². The molecule has 3 heteroatoms. The van der Waals surface area contributed by atoms with Gasteiger partial charge in [0.05, 0.1) is 12.6 Å². The molecule has 2 aliphatic rings. The van der Waals surface area contributed by atoms with Crippen molar-refractivity contribution in [1.82, 2.24) is 9.88 Å². The van der Waals surface area contributed by atoms with Crippen LogP contribution in [0.2, 0.25) is 0 Å². The van der Waals surface area contributed by atoms with Crippen LogP contribution in [0.4, 0.5) is 0 Å². The Morgan fingerprint density at radius 3 is 2.96 bits per heavy atom. The lowest BCUT2D eigenvalue weighted by Crippen LogP contribution is -2.43. The van der Waals surface area contributed by atoms with Gasteiger partial charge in [0.2, 0.25) is 0 Å². The zero-order valence-electron chi connectivity index (χ0n) is 14.5. The van der Waals surface area contributed by atoms with E-state index >= 15 is 0 Å². The summed E-state index contributed by atoms with van der Waals surface area (Å²) in [5, 5.41) is 1.36. The van der Waals surface area contributed by atoms with Gasteiger partial charge in [-0.25, -0.2) is 0 Å². The van der Waals surface area contributed by atoms with Gasteiger partial charge in [-0.15, -0.1) is 0 Å². The van der Waals surface area contributed by atoms with Crippen LogP contribution in [0.15, 0.2) is 18.2 Å². The maximum absolute atomic E-state index is 5.57. The van der Waals surface area contributed by atoms with Gasteiger partial charge in [-0.3, -0.25) is 0 Å². The van der Waals surface area contributed by atoms with Gasteiger partial charge in [0, 0.05) is 24.2 Å². The first kappa shape index (κ1) is 15.1. The number of H-pyrrole nitrogens is 1. The molecule has 3 nitrogen and oxygen atoms in total. The molecule has 0 saturated carbocycles. The maximum atomic E-state index is 5.57. The van der Waals surface area contributed by atoms with E-state index in [0.717, 1.165) is 12.2 Å². The molecule has 3 heterocycles. The molecule has 1 saturated heterocycles. The van der Waals surface area contributed by atoms with Crippen molar-refractivity contribution < 1.29 is 4.74 Å². The Morgan fingerprint density at radius 2 is 2.13 bits per heavy atom. The molecular weight excluding hydrogens is 284 g/mol. The van der Waals surface area contributed by atoms with E-state index in [1.165, 1.54) is 73.9 Å². The van der Waals surface area contributed by atoms with Gasteiger partial charge in [0.1, 0.15) is 5.75 Å². The van der Waals surface area contributed by atoms with Crippen LogP contribution in [-0.2, 0) is 12.8 Å². The number of nitrogens with one attached hydrogen (secondary N) is 1. The normalized spacial score (nSPS) is 27.8. The molecule has 0 amide bonds. The monoisotopic (exact) mass is 312 g/mol. The van der Waals surface area contributed by atoms with Gasteiger partial charge in [-0.05, 0) is 62.1 Å². The molecule has 124 valence electrons. The third-order valence-electron chi connectivity index (χ3n) is 6.29. The van der Waals surface area contributed by atoms with Crippen LogP contribution in [0.1, 0.15) is 43.9 Å². The molecule has 1 unspecified atom stereocenters. The van der Waals surface area contributed by atoms with Crippen LogP contribution >= 0.6 is 0 Å². The van der Waals surface area contributed by atoms with Crippen LogP contribution in [0.5, 0.6) is 5.75 Å². The molecule has 0 radical (unpaired) electrons. The number of aromatic amines is 1. The first-order valence-corrected chi connectivity index (χ1v) is 9.13. The molecule has 1 aromatic heterocycles. The second kappa shape index (κ2) is 5.86. The van der Waals surface area contributed by atoms with E-state index in [-0.39, 0.29) is 0 Å². The van der Waals surface area contributed by atoms with Crippen molar-refractivity contribution in [2.45, 2.75) is 45.4 Å². The Hall–Kier alpha value is -1.48. The molecule has 1 N–H and O–H groups in total. The second-order valence-electron chi connectivity index (χ2n) is 7.45. The van der Waals surface area contributed by atoms with E-state index in [4.69, 9.17) is 4.74 Å². The highest BCUT2D eigenvalue weighted by Crippen LogP contribution is 2.40. The summed E-state index contributed by atoms with van der Waals surface area (Å²) in [6, 6.07) is 6.43. The SMILES string of the molecule is CC[C@]12CCCN(CCc3c([nH]c4c(OC)cccc34)CC1)C2. The number of aryl methyl sites for hydroxylation is 1. The molecular formula is C20H28N2O. The van der Waals surface area contributed by atoms with E-state index < -0.39 is 0 Å². The smallest absolute Gasteiger partial charge is 0.142 e. The third-order valence-corrected chi connectivity index (χ3v) is 6.29. The van der Waals surface area contributed by atoms with E-state index in [9.17, 15) is 0 Å². The van der Waals surface area contributed by atoms with Crippen molar-refractivity contribution in [2.75, 3.05) is 26.7 Å². The topological polar surface area (TPSA) is 28.3 Å². The van der Waals surface area contributed by atoms with E-state index in [2.05, 4.69) is 35.0 Å². The zero-order valence-corrected chi connectivity index (χ0v) is 14.5. The van der Waals surface area contributed by atoms with Gasteiger partial charge >= 0.3 is 0 Å². The number of rotatable bonds is 2. The Labute approximate surface area is 139 Å². The predicted molar refractivity (Wildman–Crippen MR) is 95.3 cm³/mol. The van der Waals surface area contributed by atoms with Crippen LogP contribution in [0.3, 0.4) is 0 Å². The standard InChI is InChI=1S/C20H28N2O/c1-3-20-10-5-12-22(14-20)13-9-15-16-6-4-7-18(23-2)19(16)21-17(15)8-11-20/h4,6-7,21H,3,5,8-14H2,1-2H3/t20-/m0/s1. The average Bonchev–Trinajstić information content (AvgIpc) is 2.97. The fourth-order valence-electron chi connectivity index (χ4n) is 4.80. The second-order valence-corrected chi connectivity index (χ2v) is 7.45. The Bertz CT molecular complexity index is 705. The third kappa shape index (κ3) is 2.55. The molecule has 4 rings (SSSR count).